The first-order valence-corrected chi connectivity index (χ1v) is 5.44. The van der Waals surface area contributed by atoms with Crippen LogP contribution < -0.4 is 5.73 Å². The Morgan fingerprint density at radius 1 is 1.36 bits per heavy atom. The lowest BCUT2D eigenvalue weighted by molar-refractivity contribution is 0.133. The summed E-state index contributed by atoms with van der Waals surface area (Å²) >= 11 is 0. The quantitative estimate of drug-likeness (QED) is 0.719. The van der Waals surface area contributed by atoms with E-state index in [1.165, 1.54) is 0 Å². The van der Waals surface area contributed by atoms with Gasteiger partial charge >= 0.3 is 6.09 Å². The maximum atomic E-state index is 11.3. The van der Waals surface area contributed by atoms with E-state index >= 15 is 0 Å². The summed E-state index contributed by atoms with van der Waals surface area (Å²) in [5.41, 5.74) is 5.62. The summed E-state index contributed by atoms with van der Waals surface area (Å²) in [5, 5.41) is 0. The third-order valence-electron chi connectivity index (χ3n) is 3.38. The zero-order chi connectivity index (χ0) is 9.97. The van der Waals surface area contributed by atoms with Crippen LogP contribution in [0.3, 0.4) is 0 Å². The Hall–Kier alpha value is -0.770. The van der Waals surface area contributed by atoms with Gasteiger partial charge in [0.25, 0.3) is 0 Å². The summed E-state index contributed by atoms with van der Waals surface area (Å²) < 4.78 is 4.93. The smallest absolute Gasteiger partial charge is 0.410 e. The molecular weight excluding hydrogens is 180 g/mol. The van der Waals surface area contributed by atoms with Crippen LogP contribution in [-0.2, 0) is 4.74 Å². The van der Waals surface area contributed by atoms with Gasteiger partial charge in [0.05, 0.1) is 6.54 Å². The van der Waals surface area contributed by atoms with E-state index in [1.807, 2.05) is 4.90 Å². The van der Waals surface area contributed by atoms with Crippen molar-refractivity contribution in [1.29, 1.82) is 0 Å². The van der Waals surface area contributed by atoms with Crippen LogP contribution in [0.25, 0.3) is 0 Å². The Bertz CT molecular complexity index is 212. The van der Waals surface area contributed by atoms with Gasteiger partial charge in [0.15, 0.2) is 0 Å². The number of nitrogens with zero attached hydrogens (tertiary/aromatic N) is 1. The van der Waals surface area contributed by atoms with Crippen LogP contribution >= 0.6 is 0 Å². The van der Waals surface area contributed by atoms with Crippen molar-refractivity contribution in [2.45, 2.75) is 31.7 Å². The number of carbonyl (C=O) groups is 1. The fourth-order valence-electron chi connectivity index (χ4n) is 2.43. The first-order valence-electron chi connectivity index (χ1n) is 5.44. The molecule has 0 aromatic rings. The molecule has 1 heterocycles. The van der Waals surface area contributed by atoms with Crippen LogP contribution in [-0.4, -0.2) is 36.7 Å². The molecule has 1 aliphatic carbocycles. The van der Waals surface area contributed by atoms with Crippen LogP contribution in [0.15, 0.2) is 0 Å². The normalized spacial score (nSPS) is 33.2. The molecule has 0 spiro atoms. The number of hydrogen-bond donors (Lipinski definition) is 1. The van der Waals surface area contributed by atoms with Crippen molar-refractivity contribution in [2.75, 3.05) is 19.7 Å². The van der Waals surface area contributed by atoms with Crippen LogP contribution in [0.4, 0.5) is 4.79 Å². The topological polar surface area (TPSA) is 55.6 Å². The third-order valence-corrected chi connectivity index (χ3v) is 3.38. The van der Waals surface area contributed by atoms with E-state index in [9.17, 15) is 4.79 Å². The molecule has 4 heteroatoms. The molecule has 2 N–H and O–H groups in total. The average Bonchev–Trinajstić information content (AvgIpc) is 2.65. The lowest BCUT2D eigenvalue weighted by atomic mass is 9.85. The Morgan fingerprint density at radius 2 is 2.07 bits per heavy atom. The first kappa shape index (κ1) is 9.77. The maximum Gasteiger partial charge on any atom is 0.410 e. The summed E-state index contributed by atoms with van der Waals surface area (Å²) in [5.74, 6) is 0.671. The molecule has 1 amide bonds. The standard InChI is InChI=1S/C10H18N2O2/c11-7-8-1-3-9(4-2-8)12-5-6-14-10(12)13/h8-9H,1-7,11H2. The lowest BCUT2D eigenvalue weighted by Gasteiger charge is -2.32. The molecule has 0 aromatic heterocycles. The van der Waals surface area contributed by atoms with Crippen molar-refractivity contribution >= 4 is 6.09 Å². The molecule has 80 valence electrons. The van der Waals surface area contributed by atoms with Crippen LogP contribution in [0.1, 0.15) is 25.7 Å². The summed E-state index contributed by atoms with van der Waals surface area (Å²) in [7, 11) is 0. The number of amides is 1. The van der Waals surface area contributed by atoms with Crippen molar-refractivity contribution < 1.29 is 9.53 Å². The largest absolute Gasteiger partial charge is 0.448 e. The zero-order valence-corrected chi connectivity index (χ0v) is 8.45. The van der Waals surface area contributed by atoms with Gasteiger partial charge in [-0.2, -0.15) is 0 Å². The molecule has 2 aliphatic rings. The molecule has 0 aromatic carbocycles. The molecule has 0 radical (unpaired) electrons. The first-order chi connectivity index (χ1) is 6.81. The second kappa shape index (κ2) is 4.17. The van der Waals surface area contributed by atoms with Gasteiger partial charge < -0.3 is 15.4 Å². The fourth-order valence-corrected chi connectivity index (χ4v) is 2.43. The van der Waals surface area contributed by atoms with Gasteiger partial charge in [-0.05, 0) is 38.1 Å². The van der Waals surface area contributed by atoms with Gasteiger partial charge in [0.1, 0.15) is 6.61 Å². The SMILES string of the molecule is NCC1CCC(N2CCOC2=O)CC1. The summed E-state index contributed by atoms with van der Waals surface area (Å²) in [6, 6.07) is 0.410. The Labute approximate surface area is 84.4 Å². The second-order valence-electron chi connectivity index (χ2n) is 4.22. The second-order valence-corrected chi connectivity index (χ2v) is 4.22. The molecule has 2 fully saturated rings. The lowest BCUT2D eigenvalue weighted by Crippen LogP contribution is -2.39. The zero-order valence-electron chi connectivity index (χ0n) is 8.45. The molecule has 1 saturated heterocycles. The molecule has 1 aliphatic heterocycles. The number of ether oxygens (including phenoxy) is 1. The monoisotopic (exact) mass is 198 g/mol. The summed E-state index contributed by atoms with van der Waals surface area (Å²) in [4.78, 5) is 13.2. The predicted molar refractivity (Wildman–Crippen MR) is 52.9 cm³/mol. The molecule has 2 rings (SSSR count). The Morgan fingerprint density at radius 3 is 2.57 bits per heavy atom. The van der Waals surface area contributed by atoms with E-state index in [2.05, 4.69) is 0 Å². The Balaban J connectivity index is 1.85. The molecule has 0 atom stereocenters. The highest BCUT2D eigenvalue weighted by Crippen LogP contribution is 2.28. The van der Waals surface area contributed by atoms with E-state index in [0.29, 0.717) is 18.6 Å². The minimum atomic E-state index is -0.124. The van der Waals surface area contributed by atoms with Crippen LogP contribution in [0.2, 0.25) is 0 Å². The number of carbonyl (C=O) groups excluding carboxylic acids is 1. The summed E-state index contributed by atoms with van der Waals surface area (Å²) in [6.07, 6.45) is 4.38. The fraction of sp³-hybridized carbons (Fsp3) is 0.900. The van der Waals surface area contributed by atoms with Crippen molar-refractivity contribution in [3.8, 4) is 0 Å². The highest BCUT2D eigenvalue weighted by Gasteiger charge is 2.32. The van der Waals surface area contributed by atoms with Crippen molar-refractivity contribution in [1.82, 2.24) is 4.90 Å². The van der Waals surface area contributed by atoms with Gasteiger partial charge in [0, 0.05) is 6.04 Å². The number of cyclic esters (lactones) is 1. The molecular formula is C10H18N2O2. The van der Waals surface area contributed by atoms with Gasteiger partial charge in [-0.15, -0.1) is 0 Å². The number of hydrogen-bond acceptors (Lipinski definition) is 3. The minimum absolute atomic E-state index is 0.124. The summed E-state index contributed by atoms with van der Waals surface area (Å²) in [6.45, 7) is 2.13. The van der Waals surface area contributed by atoms with Crippen molar-refractivity contribution in [3.05, 3.63) is 0 Å². The maximum absolute atomic E-state index is 11.3. The average molecular weight is 198 g/mol. The molecule has 4 nitrogen and oxygen atoms in total. The molecule has 1 saturated carbocycles. The van der Waals surface area contributed by atoms with E-state index in [1.54, 1.807) is 0 Å². The molecule has 14 heavy (non-hydrogen) atoms. The third kappa shape index (κ3) is 1.85. The number of nitrogens with two attached hydrogens (primary N) is 1. The van der Waals surface area contributed by atoms with E-state index < -0.39 is 0 Å². The minimum Gasteiger partial charge on any atom is -0.448 e. The highest BCUT2D eigenvalue weighted by molar-refractivity contribution is 5.69. The van der Waals surface area contributed by atoms with Crippen LogP contribution in [0.5, 0.6) is 0 Å². The van der Waals surface area contributed by atoms with Gasteiger partial charge in [-0.1, -0.05) is 0 Å². The van der Waals surface area contributed by atoms with Crippen molar-refractivity contribution in [3.63, 3.8) is 0 Å². The van der Waals surface area contributed by atoms with E-state index in [4.69, 9.17) is 10.5 Å². The van der Waals surface area contributed by atoms with E-state index in [0.717, 1.165) is 38.8 Å². The highest BCUT2D eigenvalue weighted by atomic mass is 16.6. The predicted octanol–water partition coefficient (Wildman–Crippen LogP) is 0.956. The van der Waals surface area contributed by atoms with Crippen molar-refractivity contribution in [2.24, 2.45) is 11.7 Å². The van der Waals surface area contributed by atoms with Gasteiger partial charge in [-0.3, -0.25) is 0 Å². The molecule has 0 unspecified atom stereocenters. The van der Waals surface area contributed by atoms with Crippen LogP contribution in [0, 0.1) is 5.92 Å². The molecule has 0 bridgehead atoms. The Kier molecular flexibility index (Phi) is 2.91. The van der Waals surface area contributed by atoms with E-state index in [-0.39, 0.29) is 6.09 Å². The van der Waals surface area contributed by atoms with Gasteiger partial charge in [0.2, 0.25) is 0 Å². The number of rotatable bonds is 2. The van der Waals surface area contributed by atoms with Gasteiger partial charge in [-0.25, -0.2) is 4.79 Å².